The van der Waals surface area contributed by atoms with Gasteiger partial charge in [0.1, 0.15) is 6.54 Å². The molecular formula is C21H22N2O6. The van der Waals surface area contributed by atoms with Gasteiger partial charge in [-0.2, -0.15) is 0 Å². The lowest BCUT2D eigenvalue weighted by Crippen LogP contribution is -2.41. The number of amides is 2. The van der Waals surface area contributed by atoms with Crippen molar-refractivity contribution in [2.75, 3.05) is 24.8 Å². The number of hydrogen-bond acceptors (Lipinski definition) is 6. The normalized spacial score (nSPS) is 12.8. The van der Waals surface area contributed by atoms with E-state index in [-0.39, 0.29) is 19.2 Å². The second-order valence-corrected chi connectivity index (χ2v) is 6.30. The molecule has 1 heterocycles. The fourth-order valence-electron chi connectivity index (χ4n) is 2.87. The molecule has 0 radical (unpaired) electrons. The highest BCUT2D eigenvalue weighted by atomic mass is 16.7. The Morgan fingerprint density at radius 3 is 2.55 bits per heavy atom. The van der Waals surface area contributed by atoms with Gasteiger partial charge in [-0.1, -0.05) is 18.2 Å². The van der Waals surface area contributed by atoms with Gasteiger partial charge in [-0.25, -0.2) is 0 Å². The largest absolute Gasteiger partial charge is 0.454 e. The van der Waals surface area contributed by atoms with E-state index < -0.39 is 18.0 Å². The Kier molecular flexibility index (Phi) is 6.33. The molecule has 0 fully saturated rings. The predicted molar refractivity (Wildman–Crippen MR) is 105 cm³/mol. The number of benzene rings is 2. The molecule has 1 aliphatic rings. The Bertz CT molecular complexity index is 899. The highest BCUT2D eigenvalue weighted by molar-refractivity contribution is 5.98. The molecule has 0 saturated heterocycles. The van der Waals surface area contributed by atoms with Crippen molar-refractivity contribution in [3.05, 3.63) is 54.1 Å². The maximum Gasteiger partial charge on any atom is 0.326 e. The number of ether oxygens (including phenoxy) is 3. The van der Waals surface area contributed by atoms with E-state index in [4.69, 9.17) is 14.2 Å². The zero-order valence-corrected chi connectivity index (χ0v) is 16.2. The molecule has 0 bridgehead atoms. The van der Waals surface area contributed by atoms with Gasteiger partial charge in [-0.15, -0.1) is 0 Å². The van der Waals surface area contributed by atoms with Gasteiger partial charge in [0, 0.05) is 17.8 Å². The summed E-state index contributed by atoms with van der Waals surface area (Å²) < 4.78 is 15.6. The van der Waals surface area contributed by atoms with Crippen LogP contribution in [0, 0.1) is 0 Å². The Hall–Kier alpha value is -3.55. The van der Waals surface area contributed by atoms with Crippen LogP contribution in [0.4, 0.5) is 5.69 Å². The summed E-state index contributed by atoms with van der Waals surface area (Å²) in [6, 6.07) is 13.9. The summed E-state index contributed by atoms with van der Waals surface area (Å²) >= 11 is 0. The molecular weight excluding hydrogens is 376 g/mol. The van der Waals surface area contributed by atoms with Gasteiger partial charge in [0.15, 0.2) is 17.6 Å². The zero-order chi connectivity index (χ0) is 20.8. The summed E-state index contributed by atoms with van der Waals surface area (Å²) in [5, 5.41) is 2.47. The van der Waals surface area contributed by atoms with Crippen LogP contribution < -0.4 is 19.7 Å². The maximum absolute atomic E-state index is 12.6. The monoisotopic (exact) mass is 398 g/mol. The van der Waals surface area contributed by atoms with Crippen LogP contribution >= 0.6 is 0 Å². The second-order valence-electron chi connectivity index (χ2n) is 6.30. The average molecular weight is 398 g/mol. The number of fused-ring (bicyclic) bond motifs is 1. The van der Waals surface area contributed by atoms with Crippen LogP contribution in [0.3, 0.4) is 0 Å². The SMILES string of the molecule is CCN(C(=O)[C@H](C)OC(=O)CNC(=O)c1ccc2c(c1)OCO2)c1ccccc1. The van der Waals surface area contributed by atoms with Crippen molar-refractivity contribution in [3.8, 4) is 11.5 Å². The molecule has 1 N–H and O–H groups in total. The van der Waals surface area contributed by atoms with E-state index in [1.807, 2.05) is 37.3 Å². The number of carbonyl (C=O) groups is 3. The molecule has 2 aromatic rings. The summed E-state index contributed by atoms with van der Waals surface area (Å²) in [6.07, 6.45) is -0.981. The summed E-state index contributed by atoms with van der Waals surface area (Å²) in [7, 11) is 0. The van der Waals surface area contributed by atoms with Gasteiger partial charge in [0.25, 0.3) is 11.8 Å². The number of anilines is 1. The molecule has 0 unspecified atom stereocenters. The third-order valence-electron chi connectivity index (χ3n) is 4.33. The molecule has 0 saturated carbocycles. The lowest BCUT2D eigenvalue weighted by atomic mass is 10.2. The van der Waals surface area contributed by atoms with Gasteiger partial charge in [0.2, 0.25) is 6.79 Å². The van der Waals surface area contributed by atoms with Crippen LogP contribution in [0.5, 0.6) is 11.5 Å². The van der Waals surface area contributed by atoms with E-state index in [2.05, 4.69) is 5.32 Å². The van der Waals surface area contributed by atoms with Gasteiger partial charge < -0.3 is 24.4 Å². The van der Waals surface area contributed by atoms with E-state index in [0.717, 1.165) is 5.69 Å². The number of likely N-dealkylation sites (N-methyl/N-ethyl adjacent to an activating group) is 1. The number of nitrogens with zero attached hydrogens (tertiary/aromatic N) is 1. The van der Waals surface area contributed by atoms with E-state index in [1.54, 1.807) is 12.1 Å². The van der Waals surface area contributed by atoms with Gasteiger partial charge in [-0.3, -0.25) is 14.4 Å². The van der Waals surface area contributed by atoms with E-state index in [9.17, 15) is 14.4 Å². The van der Waals surface area contributed by atoms with Gasteiger partial charge in [-0.05, 0) is 44.2 Å². The van der Waals surface area contributed by atoms with E-state index >= 15 is 0 Å². The quantitative estimate of drug-likeness (QED) is 0.718. The molecule has 3 rings (SSSR count). The van der Waals surface area contributed by atoms with Crippen LogP contribution in [-0.4, -0.2) is 43.8 Å². The minimum Gasteiger partial charge on any atom is -0.454 e. The lowest BCUT2D eigenvalue weighted by Gasteiger charge is -2.24. The molecule has 152 valence electrons. The summed E-state index contributed by atoms with van der Waals surface area (Å²) in [6.45, 7) is 3.53. The first-order chi connectivity index (χ1) is 14.0. The molecule has 1 aliphatic heterocycles. The fourth-order valence-corrected chi connectivity index (χ4v) is 2.87. The smallest absolute Gasteiger partial charge is 0.326 e. The molecule has 8 heteroatoms. The number of nitrogens with one attached hydrogen (secondary N) is 1. The third kappa shape index (κ3) is 4.84. The Balaban J connectivity index is 1.52. The van der Waals surface area contributed by atoms with E-state index in [1.165, 1.54) is 17.9 Å². The highest BCUT2D eigenvalue weighted by Gasteiger charge is 2.24. The standard InChI is InChI=1S/C21H22N2O6/c1-3-23(16-7-5-4-6-8-16)21(26)14(2)29-19(24)12-22-20(25)15-9-10-17-18(11-15)28-13-27-17/h4-11,14H,3,12-13H2,1-2H3,(H,22,25)/t14-/m0/s1. The first-order valence-corrected chi connectivity index (χ1v) is 9.23. The Morgan fingerprint density at radius 2 is 1.83 bits per heavy atom. The summed E-state index contributed by atoms with van der Waals surface area (Å²) in [5.41, 5.74) is 1.05. The predicted octanol–water partition coefficient (Wildman–Crippen LogP) is 2.13. The third-order valence-corrected chi connectivity index (χ3v) is 4.33. The molecule has 0 aliphatic carbocycles. The minimum atomic E-state index is -0.981. The van der Waals surface area contributed by atoms with Crippen LogP contribution in [0.15, 0.2) is 48.5 Å². The maximum atomic E-state index is 12.6. The fraction of sp³-hybridized carbons (Fsp3) is 0.286. The molecule has 8 nitrogen and oxygen atoms in total. The summed E-state index contributed by atoms with van der Waals surface area (Å²) in [4.78, 5) is 38.4. The average Bonchev–Trinajstić information content (AvgIpc) is 3.21. The Morgan fingerprint density at radius 1 is 1.10 bits per heavy atom. The van der Waals surface area contributed by atoms with Crippen molar-refractivity contribution in [1.82, 2.24) is 5.32 Å². The van der Waals surface area contributed by atoms with Crippen molar-refractivity contribution in [3.63, 3.8) is 0 Å². The van der Waals surface area contributed by atoms with Crippen LogP contribution in [0.1, 0.15) is 24.2 Å². The van der Waals surface area contributed by atoms with Crippen LogP contribution in [0.2, 0.25) is 0 Å². The van der Waals surface area contributed by atoms with Gasteiger partial charge in [0.05, 0.1) is 0 Å². The van der Waals surface area contributed by atoms with Gasteiger partial charge >= 0.3 is 5.97 Å². The van der Waals surface area contributed by atoms with Crippen molar-refractivity contribution in [2.24, 2.45) is 0 Å². The minimum absolute atomic E-state index is 0.108. The first kappa shape index (κ1) is 20.2. The zero-order valence-electron chi connectivity index (χ0n) is 16.2. The molecule has 0 spiro atoms. The molecule has 29 heavy (non-hydrogen) atoms. The molecule has 0 aromatic heterocycles. The van der Waals surface area contributed by atoms with Crippen molar-refractivity contribution < 1.29 is 28.6 Å². The molecule has 2 amide bonds. The lowest BCUT2D eigenvalue weighted by molar-refractivity contribution is -0.152. The van der Waals surface area contributed by atoms with Crippen molar-refractivity contribution in [1.29, 1.82) is 0 Å². The van der Waals surface area contributed by atoms with Crippen LogP contribution in [-0.2, 0) is 14.3 Å². The number of rotatable bonds is 7. The van der Waals surface area contributed by atoms with Crippen molar-refractivity contribution in [2.45, 2.75) is 20.0 Å². The highest BCUT2D eigenvalue weighted by Crippen LogP contribution is 2.32. The van der Waals surface area contributed by atoms with Crippen molar-refractivity contribution >= 4 is 23.5 Å². The number of carbonyl (C=O) groups excluding carboxylic acids is 3. The number of hydrogen-bond donors (Lipinski definition) is 1. The Labute approximate surface area is 168 Å². The molecule has 1 atom stereocenters. The second kappa shape index (κ2) is 9.09. The van der Waals surface area contributed by atoms with Crippen LogP contribution in [0.25, 0.3) is 0 Å². The topological polar surface area (TPSA) is 94.2 Å². The number of esters is 1. The first-order valence-electron chi connectivity index (χ1n) is 9.23. The molecule has 2 aromatic carbocycles. The van der Waals surface area contributed by atoms with E-state index in [0.29, 0.717) is 23.6 Å². The summed E-state index contributed by atoms with van der Waals surface area (Å²) in [5.74, 6) is -0.468. The number of para-hydroxylation sites is 1.